The fraction of sp³-hybridized carbons (Fsp3) is 0.111. The van der Waals surface area contributed by atoms with Gasteiger partial charge >= 0.3 is 0 Å². The van der Waals surface area contributed by atoms with Crippen LogP contribution in [0.4, 0.5) is 5.69 Å². The Balaban J connectivity index is 1.60. The largest absolute Gasteiger partial charge is 0.325 e. The van der Waals surface area contributed by atoms with E-state index in [0.29, 0.717) is 22.3 Å². The maximum atomic E-state index is 12.1. The van der Waals surface area contributed by atoms with Crippen LogP contribution >= 0.6 is 35.0 Å². The molecule has 0 saturated carbocycles. The van der Waals surface area contributed by atoms with Crippen LogP contribution in [-0.4, -0.2) is 21.2 Å². The van der Waals surface area contributed by atoms with Gasteiger partial charge in [0.15, 0.2) is 5.16 Å². The van der Waals surface area contributed by atoms with Gasteiger partial charge in [-0.2, -0.15) is 0 Å². The molecule has 0 radical (unpaired) electrons. The number of carbonyl (C=O) groups is 1. The summed E-state index contributed by atoms with van der Waals surface area (Å²) >= 11 is 13.5. The van der Waals surface area contributed by atoms with E-state index >= 15 is 0 Å². The zero-order valence-corrected chi connectivity index (χ0v) is 15.5. The van der Waals surface area contributed by atoms with Crippen LogP contribution in [0.3, 0.4) is 0 Å². The summed E-state index contributed by atoms with van der Waals surface area (Å²) in [5.41, 5.74) is 1.69. The average molecular weight is 392 g/mol. The lowest BCUT2D eigenvalue weighted by Gasteiger charge is -2.09. The number of hydrogen-bond acceptors (Lipinski definition) is 3. The lowest BCUT2D eigenvalue weighted by Crippen LogP contribution is -2.14. The fourth-order valence-corrected chi connectivity index (χ4v) is 3.40. The van der Waals surface area contributed by atoms with Gasteiger partial charge in [-0.3, -0.25) is 4.79 Å². The first-order chi connectivity index (χ1) is 12.1. The minimum atomic E-state index is -0.112. The van der Waals surface area contributed by atoms with Crippen LogP contribution in [0.1, 0.15) is 5.56 Å². The van der Waals surface area contributed by atoms with E-state index < -0.39 is 0 Å². The maximum Gasteiger partial charge on any atom is 0.234 e. The van der Waals surface area contributed by atoms with Gasteiger partial charge < -0.3 is 9.88 Å². The molecule has 0 aliphatic rings. The molecule has 0 spiro atoms. The van der Waals surface area contributed by atoms with Crippen LogP contribution in [0.2, 0.25) is 10.0 Å². The van der Waals surface area contributed by atoms with Crippen LogP contribution < -0.4 is 5.32 Å². The summed E-state index contributed by atoms with van der Waals surface area (Å²) in [5, 5.41) is 4.88. The second-order valence-corrected chi connectivity index (χ2v) is 7.06. The quantitative estimate of drug-likeness (QED) is 0.603. The molecule has 0 saturated heterocycles. The summed E-state index contributed by atoms with van der Waals surface area (Å²) in [6, 6.07) is 14.7. The maximum absolute atomic E-state index is 12.1. The van der Waals surface area contributed by atoms with Gasteiger partial charge in [0, 0.05) is 28.1 Å². The number of imidazole rings is 1. The molecule has 1 N–H and O–H groups in total. The van der Waals surface area contributed by atoms with Gasteiger partial charge in [-0.15, -0.1) is 0 Å². The van der Waals surface area contributed by atoms with E-state index in [4.69, 9.17) is 23.2 Å². The number of thioether (sulfide) groups is 1. The molecule has 2 aromatic carbocycles. The molecule has 1 aromatic heterocycles. The number of amides is 1. The van der Waals surface area contributed by atoms with E-state index in [1.54, 1.807) is 30.5 Å². The van der Waals surface area contributed by atoms with Crippen LogP contribution in [0, 0.1) is 0 Å². The van der Waals surface area contributed by atoms with E-state index in [2.05, 4.69) is 10.3 Å². The van der Waals surface area contributed by atoms with Gasteiger partial charge in [-0.25, -0.2) is 4.98 Å². The van der Waals surface area contributed by atoms with Crippen molar-refractivity contribution < 1.29 is 4.79 Å². The third-order valence-corrected chi connectivity index (χ3v) is 5.03. The highest BCUT2D eigenvalue weighted by molar-refractivity contribution is 7.99. The van der Waals surface area contributed by atoms with Crippen molar-refractivity contribution in [1.29, 1.82) is 0 Å². The van der Waals surface area contributed by atoms with Crippen molar-refractivity contribution in [1.82, 2.24) is 9.55 Å². The molecule has 0 aliphatic heterocycles. The highest BCUT2D eigenvalue weighted by Crippen LogP contribution is 2.21. The van der Waals surface area contributed by atoms with Crippen molar-refractivity contribution in [3.63, 3.8) is 0 Å². The summed E-state index contributed by atoms with van der Waals surface area (Å²) in [6.07, 6.45) is 3.59. The molecule has 3 rings (SSSR count). The van der Waals surface area contributed by atoms with Gasteiger partial charge in [0.2, 0.25) is 5.91 Å². The third kappa shape index (κ3) is 5.01. The number of hydrogen-bond donors (Lipinski definition) is 1. The Kier molecular flexibility index (Phi) is 6.02. The van der Waals surface area contributed by atoms with Crippen molar-refractivity contribution in [2.24, 2.45) is 0 Å². The summed E-state index contributed by atoms with van der Waals surface area (Å²) in [6.45, 7) is 0.609. The van der Waals surface area contributed by atoms with Crippen molar-refractivity contribution in [2.45, 2.75) is 11.7 Å². The lowest BCUT2D eigenvalue weighted by molar-refractivity contribution is -0.113. The minimum Gasteiger partial charge on any atom is -0.325 e. The topological polar surface area (TPSA) is 46.9 Å². The number of halogens is 2. The number of anilines is 1. The highest BCUT2D eigenvalue weighted by atomic mass is 35.5. The van der Waals surface area contributed by atoms with E-state index in [-0.39, 0.29) is 11.7 Å². The first-order valence-corrected chi connectivity index (χ1v) is 9.29. The molecule has 4 nitrogen and oxygen atoms in total. The number of rotatable bonds is 6. The zero-order valence-electron chi connectivity index (χ0n) is 13.2. The third-order valence-electron chi connectivity index (χ3n) is 3.42. The van der Waals surface area contributed by atoms with Crippen molar-refractivity contribution >= 4 is 46.6 Å². The van der Waals surface area contributed by atoms with E-state index in [1.807, 2.05) is 35.0 Å². The molecule has 3 aromatic rings. The van der Waals surface area contributed by atoms with Crippen molar-refractivity contribution in [3.8, 4) is 0 Å². The Morgan fingerprint density at radius 3 is 2.80 bits per heavy atom. The Bertz CT molecular complexity index is 882. The number of aromatic nitrogens is 2. The molecule has 128 valence electrons. The van der Waals surface area contributed by atoms with Crippen LogP contribution in [0.15, 0.2) is 66.1 Å². The molecular formula is C18H15Cl2N3OS. The standard InChI is InChI=1S/C18H15Cl2N3OS/c19-14-5-3-6-15(10-14)22-17(24)12-25-18-21-8-9-23(18)11-13-4-1-2-7-16(13)20/h1-10H,11-12H2,(H,22,24). The van der Waals surface area contributed by atoms with Crippen LogP contribution in [0.5, 0.6) is 0 Å². The Labute approximate surface area is 160 Å². The molecule has 0 atom stereocenters. The highest BCUT2D eigenvalue weighted by Gasteiger charge is 2.10. The second-order valence-electron chi connectivity index (χ2n) is 5.28. The van der Waals surface area contributed by atoms with E-state index in [9.17, 15) is 4.79 Å². The number of nitrogens with zero attached hydrogens (tertiary/aromatic N) is 2. The molecular weight excluding hydrogens is 377 g/mol. The smallest absolute Gasteiger partial charge is 0.234 e. The molecule has 1 amide bonds. The predicted molar refractivity (Wildman–Crippen MR) is 104 cm³/mol. The molecule has 0 fully saturated rings. The number of benzene rings is 2. The molecule has 0 bridgehead atoms. The van der Waals surface area contributed by atoms with Gasteiger partial charge in [0.05, 0.1) is 12.3 Å². The Morgan fingerprint density at radius 1 is 1.16 bits per heavy atom. The number of nitrogens with one attached hydrogen (secondary N) is 1. The van der Waals surface area contributed by atoms with E-state index in [1.165, 1.54) is 11.8 Å². The fourth-order valence-electron chi connectivity index (χ4n) is 2.26. The van der Waals surface area contributed by atoms with Crippen molar-refractivity contribution in [2.75, 3.05) is 11.1 Å². The number of carbonyl (C=O) groups excluding carboxylic acids is 1. The summed E-state index contributed by atoms with van der Waals surface area (Å²) in [5.74, 6) is 0.144. The SMILES string of the molecule is O=C(CSc1nccn1Cc1ccccc1Cl)Nc1cccc(Cl)c1. The summed E-state index contributed by atoms with van der Waals surface area (Å²) in [4.78, 5) is 16.4. The first-order valence-electron chi connectivity index (χ1n) is 7.54. The lowest BCUT2D eigenvalue weighted by atomic mass is 10.2. The summed E-state index contributed by atoms with van der Waals surface area (Å²) in [7, 11) is 0. The molecule has 0 unspecified atom stereocenters. The van der Waals surface area contributed by atoms with Crippen LogP contribution in [0.25, 0.3) is 0 Å². The minimum absolute atomic E-state index is 0.112. The van der Waals surface area contributed by atoms with Crippen molar-refractivity contribution in [3.05, 3.63) is 76.5 Å². The normalized spacial score (nSPS) is 10.6. The molecule has 7 heteroatoms. The summed E-state index contributed by atoms with van der Waals surface area (Å²) < 4.78 is 1.97. The van der Waals surface area contributed by atoms with Gasteiger partial charge in [-0.1, -0.05) is 59.2 Å². The predicted octanol–water partition coefficient (Wildman–Crippen LogP) is 4.97. The molecule has 25 heavy (non-hydrogen) atoms. The van der Waals surface area contributed by atoms with E-state index in [0.717, 1.165) is 10.7 Å². The van der Waals surface area contributed by atoms with Gasteiger partial charge in [0.1, 0.15) is 0 Å². The second kappa shape index (κ2) is 8.43. The molecule has 1 heterocycles. The molecule has 0 aliphatic carbocycles. The van der Waals surface area contributed by atoms with Gasteiger partial charge in [-0.05, 0) is 29.8 Å². The zero-order chi connectivity index (χ0) is 17.6. The van der Waals surface area contributed by atoms with Gasteiger partial charge in [0.25, 0.3) is 0 Å². The monoisotopic (exact) mass is 391 g/mol. The Hall–Kier alpha value is -1.95. The Morgan fingerprint density at radius 2 is 2.00 bits per heavy atom. The van der Waals surface area contributed by atoms with Crippen LogP contribution in [-0.2, 0) is 11.3 Å². The first kappa shape index (κ1) is 17.9. The average Bonchev–Trinajstić information content (AvgIpc) is 3.02.